The van der Waals surface area contributed by atoms with Crippen molar-refractivity contribution in [1.29, 1.82) is 0 Å². The fourth-order valence-electron chi connectivity index (χ4n) is 2.30. The zero-order chi connectivity index (χ0) is 13.8. The summed E-state index contributed by atoms with van der Waals surface area (Å²) in [5.41, 5.74) is 1.28. The second-order valence-electron chi connectivity index (χ2n) is 4.97. The van der Waals surface area contributed by atoms with Crippen LogP contribution in [0.2, 0.25) is 0 Å². The second kappa shape index (κ2) is 6.16. The molecule has 3 heteroatoms. The fourth-order valence-corrected chi connectivity index (χ4v) is 3.39. The molecule has 20 heavy (non-hydrogen) atoms. The maximum absolute atomic E-state index is 4.14. The molecule has 1 unspecified atom stereocenters. The maximum Gasteiger partial charge on any atom is 0.0386 e. The number of hydrogen-bond acceptors (Lipinski definition) is 3. The molecule has 0 amide bonds. The molecule has 0 spiro atoms. The molecule has 0 aliphatic heterocycles. The summed E-state index contributed by atoms with van der Waals surface area (Å²) < 4.78 is 1.36. The fraction of sp³-hybridized carbons (Fsp3) is 0.235. The van der Waals surface area contributed by atoms with Gasteiger partial charge in [-0.15, -0.1) is 11.3 Å². The van der Waals surface area contributed by atoms with E-state index in [9.17, 15) is 0 Å². The Kier molecular flexibility index (Phi) is 4.09. The number of nitrogens with zero attached hydrogens (tertiary/aromatic N) is 1. The van der Waals surface area contributed by atoms with Gasteiger partial charge < -0.3 is 5.32 Å². The van der Waals surface area contributed by atoms with Crippen molar-refractivity contribution in [3.05, 3.63) is 65.3 Å². The van der Waals surface area contributed by atoms with E-state index in [0.717, 1.165) is 13.0 Å². The number of hydrogen-bond donors (Lipinski definition) is 1. The highest BCUT2D eigenvalue weighted by Crippen LogP contribution is 2.29. The average molecular weight is 282 g/mol. The second-order valence-corrected chi connectivity index (χ2v) is 6.09. The lowest BCUT2D eigenvalue weighted by Gasteiger charge is -2.11. The smallest absolute Gasteiger partial charge is 0.0386 e. The van der Waals surface area contributed by atoms with Gasteiger partial charge in [-0.05, 0) is 49.0 Å². The number of fused-ring (bicyclic) bond motifs is 1. The van der Waals surface area contributed by atoms with E-state index in [0.29, 0.717) is 6.04 Å². The Labute approximate surface area is 123 Å². The van der Waals surface area contributed by atoms with Gasteiger partial charge in [0.2, 0.25) is 0 Å². The Morgan fingerprint density at radius 3 is 2.90 bits per heavy atom. The van der Waals surface area contributed by atoms with Gasteiger partial charge in [0, 0.05) is 28.0 Å². The number of rotatable bonds is 5. The molecule has 2 nitrogen and oxygen atoms in total. The largest absolute Gasteiger partial charge is 0.309 e. The number of nitrogens with one attached hydrogen (secondary N) is 1. The van der Waals surface area contributed by atoms with Crippen molar-refractivity contribution in [1.82, 2.24) is 10.3 Å². The molecule has 2 aromatic heterocycles. The Balaban J connectivity index is 1.60. The predicted molar refractivity (Wildman–Crippen MR) is 86.2 cm³/mol. The quantitative estimate of drug-likeness (QED) is 0.759. The van der Waals surface area contributed by atoms with Crippen LogP contribution in [0.4, 0.5) is 0 Å². The third-order valence-corrected chi connectivity index (χ3v) is 4.76. The summed E-state index contributed by atoms with van der Waals surface area (Å²) in [7, 11) is 0. The SMILES string of the molecule is CC(NCCc1cccnc1)c1cc2ccccc2s1. The molecule has 1 aromatic carbocycles. The molecule has 3 aromatic rings. The monoisotopic (exact) mass is 282 g/mol. The van der Waals surface area contributed by atoms with Crippen LogP contribution in [0, 0.1) is 0 Å². The van der Waals surface area contributed by atoms with Gasteiger partial charge in [-0.2, -0.15) is 0 Å². The van der Waals surface area contributed by atoms with Gasteiger partial charge in [-0.3, -0.25) is 4.98 Å². The van der Waals surface area contributed by atoms with E-state index >= 15 is 0 Å². The van der Waals surface area contributed by atoms with Crippen molar-refractivity contribution in [2.24, 2.45) is 0 Å². The molecule has 1 atom stereocenters. The van der Waals surface area contributed by atoms with E-state index < -0.39 is 0 Å². The number of pyridine rings is 1. The first-order valence-corrected chi connectivity index (χ1v) is 7.75. The third kappa shape index (κ3) is 3.06. The summed E-state index contributed by atoms with van der Waals surface area (Å²) in [4.78, 5) is 5.54. The van der Waals surface area contributed by atoms with E-state index in [2.05, 4.69) is 53.6 Å². The first-order chi connectivity index (χ1) is 9.83. The maximum atomic E-state index is 4.14. The molecule has 0 aliphatic rings. The summed E-state index contributed by atoms with van der Waals surface area (Å²) in [5.74, 6) is 0. The molecule has 2 heterocycles. The Morgan fingerprint density at radius 2 is 2.10 bits per heavy atom. The minimum atomic E-state index is 0.393. The van der Waals surface area contributed by atoms with Crippen LogP contribution in [0.3, 0.4) is 0 Å². The highest BCUT2D eigenvalue weighted by Gasteiger charge is 2.08. The number of aromatic nitrogens is 1. The summed E-state index contributed by atoms with van der Waals surface area (Å²) in [5, 5.41) is 4.93. The van der Waals surface area contributed by atoms with E-state index in [-0.39, 0.29) is 0 Å². The van der Waals surface area contributed by atoms with Crippen molar-refractivity contribution >= 4 is 21.4 Å². The molecule has 0 fully saturated rings. The van der Waals surface area contributed by atoms with Gasteiger partial charge in [0.1, 0.15) is 0 Å². The zero-order valence-corrected chi connectivity index (χ0v) is 12.4. The molecule has 0 bridgehead atoms. The van der Waals surface area contributed by atoms with Crippen molar-refractivity contribution in [3.63, 3.8) is 0 Å². The minimum absolute atomic E-state index is 0.393. The lowest BCUT2D eigenvalue weighted by atomic mass is 10.2. The molecule has 0 radical (unpaired) electrons. The summed E-state index contributed by atoms with van der Waals surface area (Å²) in [6, 6.07) is 15.4. The topological polar surface area (TPSA) is 24.9 Å². The molecular formula is C17H18N2S. The van der Waals surface area contributed by atoms with Gasteiger partial charge in [0.25, 0.3) is 0 Å². The normalized spacial score (nSPS) is 12.7. The average Bonchev–Trinajstić information content (AvgIpc) is 2.92. The van der Waals surface area contributed by atoms with Gasteiger partial charge in [-0.25, -0.2) is 0 Å². The molecule has 0 aliphatic carbocycles. The van der Waals surface area contributed by atoms with Crippen molar-refractivity contribution in [2.45, 2.75) is 19.4 Å². The number of benzene rings is 1. The first-order valence-electron chi connectivity index (χ1n) is 6.94. The Morgan fingerprint density at radius 1 is 1.20 bits per heavy atom. The summed E-state index contributed by atoms with van der Waals surface area (Å²) in [6.07, 6.45) is 4.77. The van der Waals surface area contributed by atoms with Crippen molar-refractivity contribution < 1.29 is 0 Å². The third-order valence-electron chi connectivity index (χ3n) is 3.46. The minimum Gasteiger partial charge on any atom is -0.309 e. The van der Waals surface area contributed by atoms with Crippen LogP contribution in [-0.4, -0.2) is 11.5 Å². The molecular weight excluding hydrogens is 264 g/mol. The lowest BCUT2D eigenvalue weighted by molar-refractivity contribution is 0.584. The molecule has 102 valence electrons. The first kappa shape index (κ1) is 13.3. The van der Waals surface area contributed by atoms with Crippen LogP contribution in [0.25, 0.3) is 10.1 Å². The van der Waals surface area contributed by atoms with Gasteiger partial charge >= 0.3 is 0 Å². The van der Waals surface area contributed by atoms with Gasteiger partial charge in [0.05, 0.1) is 0 Å². The van der Waals surface area contributed by atoms with E-state index in [1.165, 1.54) is 20.5 Å². The predicted octanol–water partition coefficient (Wildman–Crippen LogP) is 4.19. The molecule has 1 N–H and O–H groups in total. The molecule has 0 saturated heterocycles. The van der Waals surface area contributed by atoms with Crippen LogP contribution < -0.4 is 5.32 Å². The van der Waals surface area contributed by atoms with Crippen LogP contribution in [0.15, 0.2) is 54.9 Å². The Bertz CT molecular complexity index is 643. The van der Waals surface area contributed by atoms with Crippen LogP contribution in [0.1, 0.15) is 23.4 Å². The number of thiophene rings is 1. The summed E-state index contributed by atoms with van der Waals surface area (Å²) in [6.45, 7) is 3.20. The highest BCUT2D eigenvalue weighted by molar-refractivity contribution is 7.19. The van der Waals surface area contributed by atoms with Crippen molar-refractivity contribution in [3.8, 4) is 0 Å². The van der Waals surface area contributed by atoms with E-state index in [4.69, 9.17) is 0 Å². The van der Waals surface area contributed by atoms with Crippen molar-refractivity contribution in [2.75, 3.05) is 6.54 Å². The summed E-state index contributed by atoms with van der Waals surface area (Å²) >= 11 is 1.88. The van der Waals surface area contributed by atoms with Crippen LogP contribution in [-0.2, 0) is 6.42 Å². The van der Waals surface area contributed by atoms with Crippen LogP contribution >= 0.6 is 11.3 Å². The molecule has 0 saturated carbocycles. The van der Waals surface area contributed by atoms with Gasteiger partial charge in [0.15, 0.2) is 0 Å². The van der Waals surface area contributed by atoms with Crippen LogP contribution in [0.5, 0.6) is 0 Å². The Hall–Kier alpha value is -1.71. The van der Waals surface area contributed by atoms with Gasteiger partial charge in [-0.1, -0.05) is 24.3 Å². The lowest BCUT2D eigenvalue weighted by Crippen LogP contribution is -2.20. The highest BCUT2D eigenvalue weighted by atomic mass is 32.1. The van der Waals surface area contributed by atoms with E-state index in [1.807, 2.05) is 29.8 Å². The zero-order valence-electron chi connectivity index (χ0n) is 11.5. The standard InChI is InChI=1S/C17H18N2S/c1-13(19-10-8-14-5-4-9-18-12-14)17-11-15-6-2-3-7-16(15)20-17/h2-7,9,11-13,19H,8,10H2,1H3. The van der Waals surface area contributed by atoms with E-state index in [1.54, 1.807) is 0 Å². The molecule has 3 rings (SSSR count).